The molecule has 2 unspecified atom stereocenters. The van der Waals surface area contributed by atoms with Crippen LogP contribution in [0, 0.1) is 0 Å². The van der Waals surface area contributed by atoms with Crippen LogP contribution in [0.1, 0.15) is 51.9 Å². The maximum Gasteiger partial charge on any atom is 0.325 e. The van der Waals surface area contributed by atoms with Crippen LogP contribution in [0.15, 0.2) is 0 Å². The molecular weight excluding hydrogens is 228 g/mol. The van der Waals surface area contributed by atoms with Gasteiger partial charge in [-0.2, -0.15) is 0 Å². The lowest BCUT2D eigenvalue weighted by Crippen LogP contribution is -2.48. The van der Waals surface area contributed by atoms with E-state index in [2.05, 4.69) is 11.8 Å². The molecule has 0 aromatic heterocycles. The van der Waals surface area contributed by atoms with Crippen molar-refractivity contribution in [2.24, 2.45) is 5.73 Å². The Morgan fingerprint density at radius 1 is 1.39 bits per heavy atom. The van der Waals surface area contributed by atoms with E-state index in [0.29, 0.717) is 6.04 Å². The molecule has 2 fully saturated rings. The standard InChI is InChI=1S/C14H26N2O2/c1-3-4-9-16(11-5-6-11)12-7-8-14(15,10-12)13(17)18-2/h11-12H,3-10,15H2,1-2H3. The molecule has 4 heteroatoms. The van der Waals surface area contributed by atoms with Crippen molar-refractivity contribution < 1.29 is 9.53 Å². The lowest BCUT2D eigenvalue weighted by molar-refractivity contribution is -0.147. The summed E-state index contributed by atoms with van der Waals surface area (Å²) in [4.78, 5) is 14.3. The number of rotatable bonds is 6. The number of esters is 1. The van der Waals surface area contributed by atoms with E-state index in [1.807, 2.05) is 0 Å². The fourth-order valence-electron chi connectivity index (χ4n) is 3.13. The zero-order valence-electron chi connectivity index (χ0n) is 11.7. The average Bonchev–Trinajstić information content (AvgIpc) is 3.12. The molecule has 0 heterocycles. The molecule has 104 valence electrons. The number of carbonyl (C=O) groups excluding carboxylic acids is 1. The molecule has 2 aliphatic rings. The maximum atomic E-state index is 11.7. The third kappa shape index (κ3) is 2.86. The smallest absolute Gasteiger partial charge is 0.325 e. The van der Waals surface area contributed by atoms with E-state index in [9.17, 15) is 4.79 Å². The zero-order valence-corrected chi connectivity index (χ0v) is 11.7. The molecule has 0 aromatic carbocycles. The topological polar surface area (TPSA) is 55.6 Å². The van der Waals surface area contributed by atoms with Crippen molar-refractivity contribution in [2.75, 3.05) is 13.7 Å². The number of hydrogen-bond acceptors (Lipinski definition) is 4. The van der Waals surface area contributed by atoms with Crippen molar-refractivity contribution in [3.63, 3.8) is 0 Å². The Kier molecular flexibility index (Phi) is 4.28. The highest BCUT2D eigenvalue weighted by Gasteiger charge is 2.46. The Hall–Kier alpha value is -0.610. The first-order valence-corrected chi connectivity index (χ1v) is 7.24. The highest BCUT2D eigenvalue weighted by molar-refractivity contribution is 5.81. The largest absolute Gasteiger partial charge is 0.468 e. The minimum atomic E-state index is -0.737. The Morgan fingerprint density at radius 3 is 2.67 bits per heavy atom. The summed E-state index contributed by atoms with van der Waals surface area (Å²) in [7, 11) is 1.43. The van der Waals surface area contributed by atoms with E-state index in [0.717, 1.165) is 31.8 Å². The van der Waals surface area contributed by atoms with Gasteiger partial charge in [0.25, 0.3) is 0 Å². The van der Waals surface area contributed by atoms with E-state index in [-0.39, 0.29) is 5.97 Å². The number of nitrogens with zero attached hydrogens (tertiary/aromatic N) is 1. The second-order valence-corrected chi connectivity index (χ2v) is 5.87. The molecule has 2 N–H and O–H groups in total. The molecular formula is C14H26N2O2. The van der Waals surface area contributed by atoms with Gasteiger partial charge in [-0.05, 0) is 45.1 Å². The molecule has 18 heavy (non-hydrogen) atoms. The van der Waals surface area contributed by atoms with Crippen molar-refractivity contribution in [3.05, 3.63) is 0 Å². The van der Waals surface area contributed by atoms with Gasteiger partial charge in [0.05, 0.1) is 7.11 Å². The maximum absolute atomic E-state index is 11.7. The number of methoxy groups -OCH3 is 1. The minimum absolute atomic E-state index is 0.240. The van der Waals surface area contributed by atoms with Crippen LogP contribution in [0.25, 0.3) is 0 Å². The average molecular weight is 254 g/mol. The zero-order chi connectivity index (χ0) is 13.2. The van der Waals surface area contributed by atoms with Gasteiger partial charge in [-0.15, -0.1) is 0 Å². The normalized spacial score (nSPS) is 31.9. The second kappa shape index (κ2) is 5.57. The van der Waals surface area contributed by atoms with Crippen LogP contribution in [0.4, 0.5) is 0 Å². The van der Waals surface area contributed by atoms with Crippen LogP contribution in [-0.2, 0) is 9.53 Å². The van der Waals surface area contributed by atoms with Crippen LogP contribution in [0.2, 0.25) is 0 Å². The van der Waals surface area contributed by atoms with Gasteiger partial charge in [-0.25, -0.2) is 0 Å². The minimum Gasteiger partial charge on any atom is -0.468 e. The number of unbranched alkanes of at least 4 members (excludes halogenated alkanes) is 1. The fraction of sp³-hybridized carbons (Fsp3) is 0.929. The highest BCUT2D eigenvalue weighted by atomic mass is 16.5. The van der Waals surface area contributed by atoms with E-state index in [4.69, 9.17) is 10.5 Å². The molecule has 2 aliphatic carbocycles. The molecule has 2 rings (SSSR count). The first-order chi connectivity index (χ1) is 8.60. The quantitative estimate of drug-likeness (QED) is 0.733. The van der Waals surface area contributed by atoms with Gasteiger partial charge in [0.1, 0.15) is 5.54 Å². The molecule has 0 spiro atoms. The lowest BCUT2D eigenvalue weighted by atomic mass is 9.99. The summed E-state index contributed by atoms with van der Waals surface area (Å²) < 4.78 is 4.84. The van der Waals surface area contributed by atoms with Crippen LogP contribution in [0.5, 0.6) is 0 Å². The van der Waals surface area contributed by atoms with Gasteiger partial charge in [0.2, 0.25) is 0 Å². The number of hydrogen-bond donors (Lipinski definition) is 1. The predicted octanol–water partition coefficient (Wildman–Crippen LogP) is 1.67. The van der Waals surface area contributed by atoms with Gasteiger partial charge < -0.3 is 10.5 Å². The molecule has 0 aliphatic heterocycles. The third-order valence-corrected chi connectivity index (χ3v) is 4.37. The van der Waals surface area contributed by atoms with E-state index in [1.54, 1.807) is 0 Å². The molecule has 0 radical (unpaired) electrons. The summed E-state index contributed by atoms with van der Waals surface area (Å²) in [6.45, 7) is 3.38. The van der Waals surface area contributed by atoms with Crippen LogP contribution in [0.3, 0.4) is 0 Å². The molecule has 0 saturated heterocycles. The van der Waals surface area contributed by atoms with E-state index in [1.165, 1.54) is 32.8 Å². The van der Waals surface area contributed by atoms with E-state index >= 15 is 0 Å². The van der Waals surface area contributed by atoms with Crippen molar-refractivity contribution in [1.82, 2.24) is 4.90 Å². The Balaban J connectivity index is 1.95. The van der Waals surface area contributed by atoms with Gasteiger partial charge in [0.15, 0.2) is 0 Å². The van der Waals surface area contributed by atoms with Crippen molar-refractivity contribution in [3.8, 4) is 0 Å². The second-order valence-electron chi connectivity index (χ2n) is 5.87. The molecule has 0 amide bonds. The van der Waals surface area contributed by atoms with Gasteiger partial charge >= 0.3 is 5.97 Å². The molecule has 4 nitrogen and oxygen atoms in total. The monoisotopic (exact) mass is 254 g/mol. The van der Waals surface area contributed by atoms with Crippen molar-refractivity contribution in [2.45, 2.75) is 69.5 Å². The summed E-state index contributed by atoms with van der Waals surface area (Å²) >= 11 is 0. The summed E-state index contributed by atoms with van der Waals surface area (Å²) in [6, 6.07) is 1.23. The number of carbonyl (C=O) groups is 1. The predicted molar refractivity (Wildman–Crippen MR) is 71.2 cm³/mol. The molecule has 0 bridgehead atoms. The number of ether oxygens (including phenoxy) is 1. The first kappa shape index (κ1) is 13.8. The van der Waals surface area contributed by atoms with Crippen molar-refractivity contribution >= 4 is 5.97 Å². The van der Waals surface area contributed by atoms with Crippen LogP contribution in [-0.4, -0.2) is 42.1 Å². The number of nitrogens with two attached hydrogens (primary N) is 1. The van der Waals surface area contributed by atoms with E-state index < -0.39 is 5.54 Å². The molecule has 2 atom stereocenters. The van der Waals surface area contributed by atoms with Gasteiger partial charge in [0, 0.05) is 12.1 Å². The highest BCUT2D eigenvalue weighted by Crippen LogP contribution is 2.38. The lowest BCUT2D eigenvalue weighted by Gasteiger charge is -2.30. The first-order valence-electron chi connectivity index (χ1n) is 7.24. The van der Waals surface area contributed by atoms with Crippen LogP contribution >= 0.6 is 0 Å². The summed E-state index contributed by atoms with van der Waals surface area (Å²) in [5.41, 5.74) is 5.45. The molecule has 2 saturated carbocycles. The summed E-state index contributed by atoms with van der Waals surface area (Å²) in [6.07, 6.45) is 7.65. The van der Waals surface area contributed by atoms with Crippen molar-refractivity contribution in [1.29, 1.82) is 0 Å². The third-order valence-electron chi connectivity index (χ3n) is 4.37. The SMILES string of the molecule is CCCCN(C1CC1)C1CCC(N)(C(=O)OC)C1. The Bertz CT molecular complexity index is 304. The fourth-order valence-corrected chi connectivity index (χ4v) is 3.13. The van der Waals surface area contributed by atoms with Gasteiger partial charge in [-0.1, -0.05) is 13.3 Å². The van der Waals surface area contributed by atoms with Crippen LogP contribution < -0.4 is 5.73 Å². The Morgan fingerprint density at radius 2 is 2.11 bits per heavy atom. The van der Waals surface area contributed by atoms with Gasteiger partial charge in [-0.3, -0.25) is 9.69 Å². The summed E-state index contributed by atoms with van der Waals surface area (Å²) in [5.74, 6) is -0.240. The Labute approximate surface area is 110 Å². The summed E-state index contributed by atoms with van der Waals surface area (Å²) in [5, 5.41) is 0. The molecule has 0 aromatic rings.